The lowest BCUT2D eigenvalue weighted by Gasteiger charge is -2.14. The number of ketones is 1. The highest BCUT2D eigenvalue weighted by molar-refractivity contribution is 9.09. The van der Waals surface area contributed by atoms with Gasteiger partial charge >= 0.3 is 0 Å². The second-order valence-electron chi connectivity index (χ2n) is 6.97. The molecule has 0 saturated heterocycles. The minimum Gasteiger partial charge on any atom is -0.507 e. The molecule has 2 aromatic carbocycles. The van der Waals surface area contributed by atoms with Crippen LogP contribution >= 0.6 is 15.9 Å². The molecule has 0 spiro atoms. The summed E-state index contributed by atoms with van der Waals surface area (Å²) >= 11 is 3.39. The molecule has 1 aromatic heterocycles. The fourth-order valence-corrected chi connectivity index (χ4v) is 3.39. The van der Waals surface area contributed by atoms with Crippen LogP contribution in [0.1, 0.15) is 48.2 Å². The van der Waals surface area contributed by atoms with Gasteiger partial charge in [-0.3, -0.25) is 4.79 Å². The van der Waals surface area contributed by atoms with Crippen LogP contribution in [-0.2, 0) is 19.6 Å². The third kappa shape index (κ3) is 5.24. The lowest BCUT2D eigenvalue weighted by molar-refractivity contribution is 0.101. The van der Waals surface area contributed by atoms with Crippen molar-refractivity contribution >= 4 is 21.7 Å². The number of rotatable bonds is 10. The molecule has 30 heavy (non-hydrogen) atoms. The van der Waals surface area contributed by atoms with Gasteiger partial charge < -0.3 is 9.84 Å². The molecule has 0 aliphatic heterocycles. The van der Waals surface area contributed by atoms with Gasteiger partial charge in [-0.25, -0.2) is 0 Å². The Morgan fingerprint density at radius 3 is 2.63 bits per heavy atom. The summed E-state index contributed by atoms with van der Waals surface area (Å²) in [7, 11) is 0. The molecule has 0 bridgehead atoms. The maximum Gasteiger partial charge on any atom is 0.204 e. The van der Waals surface area contributed by atoms with E-state index in [-0.39, 0.29) is 11.5 Å². The number of aryl methyl sites for hydroxylation is 1. The number of alkyl halides is 1. The van der Waals surface area contributed by atoms with Gasteiger partial charge in [0.1, 0.15) is 18.1 Å². The van der Waals surface area contributed by atoms with Gasteiger partial charge in [0.15, 0.2) is 5.78 Å². The number of aromatic hydroxyl groups is 1. The number of Topliss-reactive ketones (excluding diaryl/α,β-unsaturated/α-hetero) is 1. The average Bonchev–Trinajstić information content (AvgIpc) is 3.22. The molecule has 0 atom stereocenters. The highest BCUT2D eigenvalue weighted by Gasteiger charge is 2.15. The summed E-state index contributed by atoms with van der Waals surface area (Å²) < 4.78 is 5.92. The minimum absolute atomic E-state index is 0.0647. The van der Waals surface area contributed by atoms with Gasteiger partial charge in [-0.05, 0) is 60.9 Å². The zero-order chi connectivity index (χ0) is 21.5. The van der Waals surface area contributed by atoms with Gasteiger partial charge in [0.05, 0.1) is 12.1 Å². The van der Waals surface area contributed by atoms with Gasteiger partial charge in [0.2, 0.25) is 5.82 Å². The number of halogens is 1. The van der Waals surface area contributed by atoms with Crippen LogP contribution in [0.4, 0.5) is 0 Å². The van der Waals surface area contributed by atoms with Crippen molar-refractivity contribution in [3.8, 4) is 22.9 Å². The summed E-state index contributed by atoms with van der Waals surface area (Å²) in [5.41, 5.74) is 2.86. The maximum atomic E-state index is 11.7. The van der Waals surface area contributed by atoms with Crippen molar-refractivity contribution in [1.82, 2.24) is 20.2 Å². The summed E-state index contributed by atoms with van der Waals surface area (Å²) in [5, 5.41) is 23.9. The third-order valence-electron chi connectivity index (χ3n) is 4.71. The van der Waals surface area contributed by atoms with Crippen LogP contribution in [0.15, 0.2) is 36.4 Å². The first-order chi connectivity index (χ1) is 14.5. The Labute approximate surface area is 184 Å². The van der Waals surface area contributed by atoms with Gasteiger partial charge in [-0.15, -0.1) is 10.2 Å². The molecule has 0 aliphatic carbocycles. The minimum atomic E-state index is -0.148. The topological polar surface area (TPSA) is 90.1 Å². The number of tetrazole rings is 1. The fourth-order valence-electron chi connectivity index (χ4n) is 3.14. The first kappa shape index (κ1) is 22.0. The second-order valence-corrected chi connectivity index (χ2v) is 7.76. The second kappa shape index (κ2) is 10.3. The average molecular weight is 473 g/mol. The summed E-state index contributed by atoms with van der Waals surface area (Å²) in [6.45, 7) is 4.52. The predicted molar refractivity (Wildman–Crippen MR) is 118 cm³/mol. The Balaban J connectivity index is 1.70. The molecule has 0 fully saturated rings. The van der Waals surface area contributed by atoms with E-state index in [9.17, 15) is 9.90 Å². The van der Waals surface area contributed by atoms with Crippen molar-refractivity contribution in [3.05, 3.63) is 53.1 Å². The number of ether oxygens (including phenoxy) is 1. The van der Waals surface area contributed by atoms with Crippen molar-refractivity contribution in [2.45, 2.75) is 46.3 Å². The SMILES string of the molecule is CCCc1c(COc2ccc(-c3nnn(CCCBr)n3)cc2)ccc(C(C)=O)c1O. The van der Waals surface area contributed by atoms with Crippen molar-refractivity contribution in [2.24, 2.45) is 0 Å². The van der Waals surface area contributed by atoms with E-state index in [0.717, 1.165) is 41.4 Å². The van der Waals surface area contributed by atoms with Crippen LogP contribution in [0.25, 0.3) is 11.4 Å². The van der Waals surface area contributed by atoms with Gasteiger partial charge in [0, 0.05) is 16.5 Å². The quantitative estimate of drug-likeness (QED) is 0.343. The Morgan fingerprint density at radius 2 is 1.97 bits per heavy atom. The van der Waals surface area contributed by atoms with E-state index in [2.05, 4.69) is 31.3 Å². The zero-order valence-electron chi connectivity index (χ0n) is 17.1. The van der Waals surface area contributed by atoms with Crippen LogP contribution in [-0.4, -0.2) is 36.4 Å². The number of benzene rings is 2. The molecule has 3 aromatic rings. The standard InChI is InChI=1S/C22H25BrN4O3/c1-3-5-20-17(8-11-19(15(2)28)21(20)29)14-30-18-9-6-16(7-10-18)22-24-26-27(25-22)13-4-12-23/h6-11,29H,3-5,12-14H2,1-2H3. The van der Waals surface area contributed by atoms with Gasteiger partial charge in [-0.2, -0.15) is 4.80 Å². The molecule has 3 rings (SSSR count). The van der Waals surface area contributed by atoms with E-state index in [1.165, 1.54) is 6.92 Å². The zero-order valence-corrected chi connectivity index (χ0v) is 18.7. The monoisotopic (exact) mass is 472 g/mol. The summed E-state index contributed by atoms with van der Waals surface area (Å²) in [6, 6.07) is 11.0. The Hall–Kier alpha value is -2.74. The van der Waals surface area contributed by atoms with E-state index in [0.29, 0.717) is 30.2 Å². The first-order valence-electron chi connectivity index (χ1n) is 9.95. The summed E-state index contributed by atoms with van der Waals surface area (Å²) in [4.78, 5) is 13.3. The number of nitrogens with zero attached hydrogens (tertiary/aromatic N) is 4. The van der Waals surface area contributed by atoms with E-state index < -0.39 is 0 Å². The van der Waals surface area contributed by atoms with Crippen LogP contribution in [0, 0.1) is 0 Å². The smallest absolute Gasteiger partial charge is 0.204 e. The third-order valence-corrected chi connectivity index (χ3v) is 5.27. The first-order valence-corrected chi connectivity index (χ1v) is 11.1. The fraction of sp³-hybridized carbons (Fsp3) is 0.364. The predicted octanol–water partition coefficient (Wildman–Crippen LogP) is 4.56. The van der Waals surface area contributed by atoms with E-state index in [1.807, 2.05) is 37.3 Å². The molecule has 0 saturated carbocycles. The molecule has 1 heterocycles. The largest absolute Gasteiger partial charge is 0.507 e. The Morgan fingerprint density at radius 1 is 1.20 bits per heavy atom. The molecule has 0 amide bonds. The number of carbonyl (C=O) groups is 1. The normalized spacial score (nSPS) is 10.9. The van der Waals surface area contributed by atoms with Crippen LogP contribution in [0.2, 0.25) is 0 Å². The van der Waals surface area contributed by atoms with Crippen molar-refractivity contribution in [2.75, 3.05) is 5.33 Å². The van der Waals surface area contributed by atoms with Crippen LogP contribution in [0.5, 0.6) is 11.5 Å². The molecule has 0 radical (unpaired) electrons. The Kier molecular flexibility index (Phi) is 7.57. The maximum absolute atomic E-state index is 11.7. The lowest BCUT2D eigenvalue weighted by Crippen LogP contribution is -2.04. The van der Waals surface area contributed by atoms with Crippen molar-refractivity contribution < 1.29 is 14.6 Å². The number of carbonyl (C=O) groups excluding carboxylic acids is 1. The van der Waals surface area contributed by atoms with Crippen molar-refractivity contribution in [3.63, 3.8) is 0 Å². The highest BCUT2D eigenvalue weighted by atomic mass is 79.9. The van der Waals surface area contributed by atoms with E-state index in [1.54, 1.807) is 10.9 Å². The van der Waals surface area contributed by atoms with E-state index in [4.69, 9.17) is 4.74 Å². The highest BCUT2D eigenvalue weighted by Crippen LogP contribution is 2.29. The molecular weight excluding hydrogens is 448 g/mol. The Bertz CT molecular complexity index is 1000. The van der Waals surface area contributed by atoms with Gasteiger partial charge in [-0.1, -0.05) is 35.3 Å². The van der Waals surface area contributed by atoms with Crippen molar-refractivity contribution in [1.29, 1.82) is 0 Å². The van der Waals surface area contributed by atoms with Crippen LogP contribution in [0.3, 0.4) is 0 Å². The molecule has 1 N–H and O–H groups in total. The number of hydrogen-bond acceptors (Lipinski definition) is 6. The number of aromatic nitrogens is 4. The molecule has 0 aliphatic rings. The van der Waals surface area contributed by atoms with Crippen LogP contribution < -0.4 is 4.74 Å². The molecule has 0 unspecified atom stereocenters. The number of phenols is 1. The lowest BCUT2D eigenvalue weighted by atomic mass is 9.97. The number of hydrogen-bond donors (Lipinski definition) is 1. The molecular formula is C22H25BrN4O3. The molecule has 158 valence electrons. The van der Waals surface area contributed by atoms with Gasteiger partial charge in [0.25, 0.3) is 0 Å². The van der Waals surface area contributed by atoms with E-state index >= 15 is 0 Å². The summed E-state index contributed by atoms with van der Waals surface area (Å²) in [5.74, 6) is 1.19. The summed E-state index contributed by atoms with van der Waals surface area (Å²) in [6.07, 6.45) is 2.48. The molecule has 8 heteroatoms. The number of phenolic OH excluding ortho intramolecular Hbond substituents is 1. The molecule has 7 nitrogen and oxygen atoms in total.